The van der Waals surface area contributed by atoms with Crippen LogP contribution >= 0.6 is 0 Å². The minimum absolute atomic E-state index is 0.694. The molecule has 0 N–H and O–H groups in total. The van der Waals surface area contributed by atoms with Gasteiger partial charge in [0.15, 0.2) is 0 Å². The van der Waals surface area contributed by atoms with Crippen LogP contribution in [0.4, 0.5) is 0 Å². The van der Waals surface area contributed by atoms with Crippen molar-refractivity contribution in [2.75, 3.05) is 0 Å². The third-order valence-electron chi connectivity index (χ3n) is 11.1. The van der Waals surface area contributed by atoms with Crippen LogP contribution in [0.25, 0.3) is 110 Å². The summed E-state index contributed by atoms with van der Waals surface area (Å²) in [5.74, 6) is 0.694. The molecule has 0 unspecified atom stereocenters. The van der Waals surface area contributed by atoms with Gasteiger partial charge in [0.25, 0.3) is 0 Å². The Labute approximate surface area is 298 Å². The number of nitrogens with zero attached hydrogens (tertiary/aromatic N) is 4. The van der Waals surface area contributed by atoms with Gasteiger partial charge in [0, 0.05) is 43.6 Å². The van der Waals surface area contributed by atoms with Crippen LogP contribution < -0.4 is 0 Å². The maximum Gasteiger partial charge on any atom is 0.235 e. The molecule has 52 heavy (non-hydrogen) atoms. The van der Waals surface area contributed by atoms with Gasteiger partial charge in [0.2, 0.25) is 5.95 Å². The maximum absolute atomic E-state index is 5.36. The lowest BCUT2D eigenvalue weighted by atomic mass is 9.98. The summed E-state index contributed by atoms with van der Waals surface area (Å²) in [7, 11) is 0. The van der Waals surface area contributed by atoms with Gasteiger partial charge in [-0.2, -0.15) is 0 Å². The quantitative estimate of drug-likeness (QED) is 0.189. The highest BCUT2D eigenvalue weighted by atomic mass is 15.2. The SMILES string of the molecule is c1ccc(-n2c3ccccc3c3cc(-c4ccc5c(ccc6c7ccccc7n(-c7nc8c9c(cccc9n7)-c7ccccc7-8)c56)c4)ccc32)cc1. The molecule has 0 atom stereocenters. The molecule has 1 aliphatic rings. The molecule has 1 aliphatic carbocycles. The average Bonchev–Trinajstić information content (AvgIpc) is 3.84. The first kappa shape index (κ1) is 27.7. The summed E-state index contributed by atoms with van der Waals surface area (Å²) in [4.78, 5) is 10.6. The molecule has 12 rings (SSSR count). The molecule has 0 bridgehead atoms. The van der Waals surface area contributed by atoms with Crippen molar-refractivity contribution in [3.63, 3.8) is 0 Å². The average molecular weight is 661 g/mol. The number of rotatable bonds is 3. The fourth-order valence-electron chi connectivity index (χ4n) is 8.80. The topological polar surface area (TPSA) is 35.6 Å². The van der Waals surface area contributed by atoms with E-state index in [9.17, 15) is 0 Å². The van der Waals surface area contributed by atoms with Crippen molar-refractivity contribution < 1.29 is 0 Å². The van der Waals surface area contributed by atoms with E-state index < -0.39 is 0 Å². The molecule has 3 aromatic heterocycles. The molecular formula is C48H28N4. The Morgan fingerprint density at radius 1 is 0.385 bits per heavy atom. The lowest BCUT2D eigenvalue weighted by molar-refractivity contribution is 1.02. The first-order valence-corrected chi connectivity index (χ1v) is 17.8. The molecule has 0 amide bonds. The van der Waals surface area contributed by atoms with E-state index in [2.05, 4.69) is 179 Å². The number of hydrogen-bond acceptors (Lipinski definition) is 2. The Hall–Kier alpha value is -7.04. The van der Waals surface area contributed by atoms with Crippen molar-refractivity contribution in [2.45, 2.75) is 0 Å². The van der Waals surface area contributed by atoms with Crippen molar-refractivity contribution in [1.82, 2.24) is 19.1 Å². The van der Waals surface area contributed by atoms with E-state index in [1.165, 1.54) is 71.3 Å². The number of benzene rings is 8. The van der Waals surface area contributed by atoms with Gasteiger partial charge in [-0.05, 0) is 76.2 Å². The Kier molecular flexibility index (Phi) is 5.47. The monoisotopic (exact) mass is 660 g/mol. The molecule has 0 saturated heterocycles. The fourth-order valence-corrected chi connectivity index (χ4v) is 8.80. The van der Waals surface area contributed by atoms with Crippen LogP contribution in [-0.4, -0.2) is 19.1 Å². The van der Waals surface area contributed by atoms with Gasteiger partial charge in [-0.15, -0.1) is 0 Å². The van der Waals surface area contributed by atoms with E-state index in [0.717, 1.165) is 33.2 Å². The predicted molar refractivity (Wildman–Crippen MR) is 216 cm³/mol. The molecule has 0 spiro atoms. The normalized spacial score (nSPS) is 12.2. The summed E-state index contributed by atoms with van der Waals surface area (Å²) < 4.78 is 4.64. The summed E-state index contributed by atoms with van der Waals surface area (Å²) >= 11 is 0. The fraction of sp³-hybridized carbons (Fsp3) is 0. The van der Waals surface area contributed by atoms with Gasteiger partial charge in [0.1, 0.15) is 0 Å². The van der Waals surface area contributed by atoms with Crippen molar-refractivity contribution in [3.05, 3.63) is 170 Å². The second-order valence-electron chi connectivity index (χ2n) is 13.8. The number of para-hydroxylation sites is 3. The molecule has 0 fully saturated rings. The Morgan fingerprint density at radius 3 is 1.90 bits per heavy atom. The zero-order valence-electron chi connectivity index (χ0n) is 28.0. The van der Waals surface area contributed by atoms with Gasteiger partial charge in [-0.25, -0.2) is 9.97 Å². The van der Waals surface area contributed by atoms with Crippen molar-refractivity contribution >= 4 is 65.3 Å². The van der Waals surface area contributed by atoms with Gasteiger partial charge in [0.05, 0.1) is 33.3 Å². The lowest BCUT2D eigenvalue weighted by Crippen LogP contribution is -2.02. The molecule has 11 aromatic rings. The van der Waals surface area contributed by atoms with E-state index in [1.807, 2.05) is 0 Å². The Balaban J connectivity index is 1.08. The Morgan fingerprint density at radius 2 is 1.04 bits per heavy atom. The van der Waals surface area contributed by atoms with Gasteiger partial charge < -0.3 is 4.57 Å². The number of hydrogen-bond donors (Lipinski definition) is 0. The summed E-state index contributed by atoms with van der Waals surface area (Å²) in [6, 6.07) is 61.3. The van der Waals surface area contributed by atoms with E-state index in [4.69, 9.17) is 9.97 Å². The van der Waals surface area contributed by atoms with E-state index >= 15 is 0 Å². The first-order chi connectivity index (χ1) is 25.8. The molecule has 0 aliphatic heterocycles. The van der Waals surface area contributed by atoms with Crippen LogP contribution in [0.15, 0.2) is 170 Å². The zero-order valence-corrected chi connectivity index (χ0v) is 28.0. The van der Waals surface area contributed by atoms with E-state index in [1.54, 1.807) is 0 Å². The van der Waals surface area contributed by atoms with Crippen molar-refractivity contribution in [3.8, 4) is 45.1 Å². The highest BCUT2D eigenvalue weighted by Crippen LogP contribution is 2.46. The van der Waals surface area contributed by atoms with Crippen molar-refractivity contribution in [1.29, 1.82) is 0 Å². The molecule has 240 valence electrons. The second-order valence-corrected chi connectivity index (χ2v) is 13.8. The van der Waals surface area contributed by atoms with Crippen LogP contribution in [0.2, 0.25) is 0 Å². The Bertz CT molecular complexity index is 3290. The highest BCUT2D eigenvalue weighted by molar-refractivity contribution is 6.19. The molecule has 0 radical (unpaired) electrons. The molecule has 4 heteroatoms. The summed E-state index contributed by atoms with van der Waals surface area (Å²) in [6.45, 7) is 0. The minimum Gasteiger partial charge on any atom is -0.309 e. The van der Waals surface area contributed by atoms with Gasteiger partial charge >= 0.3 is 0 Å². The van der Waals surface area contributed by atoms with Crippen LogP contribution in [0.1, 0.15) is 0 Å². The molecule has 3 heterocycles. The second kappa shape index (κ2) is 10.3. The largest absolute Gasteiger partial charge is 0.309 e. The molecule has 0 saturated carbocycles. The molecule has 4 nitrogen and oxygen atoms in total. The summed E-state index contributed by atoms with van der Waals surface area (Å²) in [5, 5.41) is 8.37. The molecule has 8 aromatic carbocycles. The van der Waals surface area contributed by atoms with Crippen molar-refractivity contribution in [2.24, 2.45) is 0 Å². The van der Waals surface area contributed by atoms with Crippen LogP contribution in [0, 0.1) is 0 Å². The van der Waals surface area contributed by atoms with Gasteiger partial charge in [-0.1, -0.05) is 121 Å². The first-order valence-electron chi connectivity index (χ1n) is 17.8. The number of fused-ring (bicyclic) bond motifs is 11. The number of aromatic nitrogens is 4. The third kappa shape index (κ3) is 3.70. The smallest absolute Gasteiger partial charge is 0.235 e. The predicted octanol–water partition coefficient (Wildman–Crippen LogP) is 12.3. The zero-order chi connectivity index (χ0) is 33.9. The lowest BCUT2D eigenvalue weighted by Gasteiger charge is -2.12. The van der Waals surface area contributed by atoms with Crippen LogP contribution in [0.5, 0.6) is 0 Å². The van der Waals surface area contributed by atoms with E-state index in [-0.39, 0.29) is 0 Å². The maximum atomic E-state index is 5.36. The van der Waals surface area contributed by atoms with E-state index in [0.29, 0.717) is 5.95 Å². The third-order valence-corrected chi connectivity index (χ3v) is 11.1. The standard InChI is InChI=1S/C48H28N4/c1-2-11-32(12-3-1)51-42-19-8-7-15-36(42)40-28-30(23-26-44(40)51)29-21-24-33-31(27-29)22-25-39-35-14-6-9-20-43(35)52(47(33)39)48-49-41-18-10-17-37-34-13-4-5-16-38(34)46(50-48)45(37)41/h1-28H. The summed E-state index contributed by atoms with van der Waals surface area (Å²) in [5.41, 5.74) is 13.7. The van der Waals surface area contributed by atoms with Gasteiger partial charge in [-0.3, -0.25) is 4.57 Å². The minimum atomic E-state index is 0.694. The molecular weight excluding hydrogens is 633 g/mol. The van der Waals surface area contributed by atoms with Crippen LogP contribution in [0.3, 0.4) is 0 Å². The summed E-state index contributed by atoms with van der Waals surface area (Å²) in [6.07, 6.45) is 0. The van der Waals surface area contributed by atoms with Crippen LogP contribution in [-0.2, 0) is 0 Å². The highest BCUT2D eigenvalue weighted by Gasteiger charge is 2.25.